The Bertz CT molecular complexity index is 360. The second kappa shape index (κ2) is 5.12. The molecule has 0 bridgehead atoms. The number of methoxy groups -OCH3 is 1. The van der Waals surface area contributed by atoms with E-state index in [1.54, 1.807) is 11.8 Å². The predicted molar refractivity (Wildman–Crippen MR) is 62.5 cm³/mol. The van der Waals surface area contributed by atoms with Gasteiger partial charge in [0.1, 0.15) is 0 Å². The maximum atomic E-state index is 6.28. The largest absolute Gasteiger partial charge is 0.381 e. The van der Waals surface area contributed by atoms with Crippen LogP contribution in [0.2, 0.25) is 0 Å². The molecule has 17 heavy (non-hydrogen) atoms. The minimum Gasteiger partial charge on any atom is -0.381 e. The molecule has 96 valence electrons. The summed E-state index contributed by atoms with van der Waals surface area (Å²) in [4.78, 5) is 0. The molecular formula is C11H20N4O2. The number of aromatic nitrogens is 3. The Labute approximate surface area is 101 Å². The molecule has 0 spiro atoms. The molecule has 0 amide bonds. The highest BCUT2D eigenvalue weighted by Gasteiger charge is 2.38. The average molecular weight is 240 g/mol. The number of rotatable bonds is 4. The first-order chi connectivity index (χ1) is 8.16. The predicted octanol–water partition coefficient (Wildman–Crippen LogP) is -0.119. The van der Waals surface area contributed by atoms with Gasteiger partial charge in [-0.2, -0.15) is 0 Å². The van der Waals surface area contributed by atoms with Gasteiger partial charge in [-0.3, -0.25) is 4.68 Å². The van der Waals surface area contributed by atoms with Crippen molar-refractivity contribution in [3.63, 3.8) is 0 Å². The first kappa shape index (κ1) is 12.5. The van der Waals surface area contributed by atoms with Crippen LogP contribution in [0.1, 0.15) is 18.5 Å². The number of hydrogen-bond donors (Lipinski definition) is 1. The Kier molecular flexibility index (Phi) is 3.76. The first-order valence-corrected chi connectivity index (χ1v) is 5.90. The Balaban J connectivity index is 2.04. The topological polar surface area (TPSA) is 75.2 Å². The fraction of sp³-hybridized carbons (Fsp3) is 0.818. The van der Waals surface area contributed by atoms with Gasteiger partial charge in [0.05, 0.1) is 11.3 Å². The van der Waals surface area contributed by atoms with Gasteiger partial charge in [0.25, 0.3) is 0 Å². The van der Waals surface area contributed by atoms with E-state index in [9.17, 15) is 0 Å². The normalized spacial score (nSPS) is 21.4. The summed E-state index contributed by atoms with van der Waals surface area (Å²) < 4.78 is 12.7. The van der Waals surface area contributed by atoms with Crippen molar-refractivity contribution >= 4 is 0 Å². The second-order valence-electron chi connectivity index (χ2n) is 4.58. The van der Waals surface area contributed by atoms with Crippen molar-refractivity contribution in [2.24, 2.45) is 12.8 Å². The first-order valence-electron chi connectivity index (χ1n) is 5.90. The molecule has 2 N–H and O–H groups in total. The maximum Gasteiger partial charge on any atom is 0.0876 e. The van der Waals surface area contributed by atoms with Gasteiger partial charge in [0, 0.05) is 58.9 Å². The lowest BCUT2D eigenvalue weighted by Gasteiger charge is -2.40. The summed E-state index contributed by atoms with van der Waals surface area (Å²) in [5.41, 5.74) is 6.90. The van der Waals surface area contributed by atoms with E-state index >= 15 is 0 Å². The number of nitrogens with zero attached hydrogens (tertiary/aromatic N) is 3. The van der Waals surface area contributed by atoms with Gasteiger partial charge in [-0.05, 0) is 0 Å². The molecule has 0 aromatic carbocycles. The van der Waals surface area contributed by atoms with E-state index in [1.165, 1.54) is 0 Å². The summed E-state index contributed by atoms with van der Waals surface area (Å²) in [5, 5.41) is 7.97. The van der Waals surface area contributed by atoms with E-state index in [-0.39, 0.29) is 11.6 Å². The number of aryl methyl sites for hydroxylation is 1. The van der Waals surface area contributed by atoms with Crippen molar-refractivity contribution in [3.8, 4) is 0 Å². The fourth-order valence-electron chi connectivity index (χ4n) is 2.34. The smallest absolute Gasteiger partial charge is 0.0876 e. The van der Waals surface area contributed by atoms with Crippen molar-refractivity contribution in [3.05, 3.63) is 11.9 Å². The molecule has 0 aliphatic carbocycles. The van der Waals surface area contributed by atoms with Crippen molar-refractivity contribution < 1.29 is 9.47 Å². The van der Waals surface area contributed by atoms with E-state index in [1.807, 2.05) is 13.2 Å². The Morgan fingerprint density at radius 3 is 2.82 bits per heavy atom. The molecule has 6 heteroatoms. The number of nitrogens with two attached hydrogens (primary N) is 1. The van der Waals surface area contributed by atoms with Gasteiger partial charge >= 0.3 is 0 Å². The Hall–Kier alpha value is -0.980. The van der Waals surface area contributed by atoms with Crippen molar-refractivity contribution in [1.29, 1.82) is 0 Å². The summed E-state index contributed by atoms with van der Waals surface area (Å²) in [5.74, 6) is 0. The number of ether oxygens (including phenoxy) is 2. The van der Waals surface area contributed by atoms with Gasteiger partial charge in [-0.1, -0.05) is 5.21 Å². The second-order valence-corrected chi connectivity index (χ2v) is 4.58. The molecule has 1 aromatic rings. The van der Waals surface area contributed by atoms with Gasteiger partial charge in [0.2, 0.25) is 0 Å². The van der Waals surface area contributed by atoms with E-state index in [0.717, 1.165) is 18.5 Å². The van der Waals surface area contributed by atoms with Crippen molar-refractivity contribution in [2.75, 3.05) is 20.3 Å². The molecule has 1 atom stereocenters. The molecular weight excluding hydrogens is 220 g/mol. The lowest BCUT2D eigenvalue weighted by Crippen LogP contribution is -2.54. The molecule has 1 unspecified atom stereocenters. The van der Waals surface area contributed by atoms with Crippen molar-refractivity contribution in [1.82, 2.24) is 15.0 Å². The molecule has 0 saturated carbocycles. The average Bonchev–Trinajstić information content (AvgIpc) is 2.75. The molecule has 1 fully saturated rings. The third kappa shape index (κ3) is 2.65. The maximum absolute atomic E-state index is 6.28. The zero-order valence-corrected chi connectivity index (χ0v) is 10.4. The van der Waals surface area contributed by atoms with E-state index in [2.05, 4.69) is 10.3 Å². The van der Waals surface area contributed by atoms with Gasteiger partial charge in [0.15, 0.2) is 0 Å². The highest BCUT2D eigenvalue weighted by molar-refractivity contribution is 5.02. The van der Waals surface area contributed by atoms with Crippen LogP contribution in [0, 0.1) is 0 Å². The van der Waals surface area contributed by atoms with E-state index < -0.39 is 0 Å². The minimum absolute atomic E-state index is 0.0758. The molecule has 1 aliphatic rings. The SMILES string of the molecule is COC1(C(N)Cc2cn(C)nn2)CCOCC1. The quantitative estimate of drug-likeness (QED) is 0.794. The summed E-state index contributed by atoms with van der Waals surface area (Å²) in [6.07, 6.45) is 4.25. The van der Waals surface area contributed by atoms with Crippen LogP contribution in [-0.2, 0) is 22.9 Å². The van der Waals surface area contributed by atoms with Crippen LogP contribution in [0.5, 0.6) is 0 Å². The molecule has 1 aliphatic heterocycles. The highest BCUT2D eigenvalue weighted by Crippen LogP contribution is 2.28. The van der Waals surface area contributed by atoms with Gasteiger partial charge in [-0.25, -0.2) is 0 Å². The molecule has 1 aromatic heterocycles. The summed E-state index contributed by atoms with van der Waals surface area (Å²) in [6.45, 7) is 1.42. The van der Waals surface area contributed by atoms with Crippen LogP contribution in [-0.4, -0.2) is 47.0 Å². The van der Waals surface area contributed by atoms with Gasteiger partial charge < -0.3 is 15.2 Å². The van der Waals surface area contributed by atoms with E-state index in [4.69, 9.17) is 15.2 Å². The molecule has 1 saturated heterocycles. The van der Waals surface area contributed by atoms with Crippen LogP contribution >= 0.6 is 0 Å². The minimum atomic E-state index is -0.282. The zero-order chi connectivity index (χ0) is 12.3. The molecule has 2 heterocycles. The third-order valence-electron chi connectivity index (χ3n) is 3.50. The van der Waals surface area contributed by atoms with Crippen LogP contribution in [0.3, 0.4) is 0 Å². The Morgan fingerprint density at radius 1 is 1.59 bits per heavy atom. The van der Waals surface area contributed by atoms with Crippen LogP contribution in [0.15, 0.2) is 6.20 Å². The summed E-state index contributed by atoms with van der Waals surface area (Å²) in [7, 11) is 3.57. The molecule has 6 nitrogen and oxygen atoms in total. The summed E-state index contributed by atoms with van der Waals surface area (Å²) in [6, 6.07) is -0.0758. The van der Waals surface area contributed by atoms with Crippen LogP contribution in [0.25, 0.3) is 0 Å². The zero-order valence-electron chi connectivity index (χ0n) is 10.4. The summed E-state index contributed by atoms with van der Waals surface area (Å²) >= 11 is 0. The molecule has 2 rings (SSSR count). The monoisotopic (exact) mass is 240 g/mol. The fourth-order valence-corrected chi connectivity index (χ4v) is 2.34. The highest BCUT2D eigenvalue weighted by atomic mass is 16.5. The lowest BCUT2D eigenvalue weighted by molar-refractivity contribution is -0.103. The molecule has 0 radical (unpaired) electrons. The lowest BCUT2D eigenvalue weighted by atomic mass is 9.84. The van der Waals surface area contributed by atoms with Gasteiger partial charge in [-0.15, -0.1) is 5.10 Å². The van der Waals surface area contributed by atoms with Crippen LogP contribution < -0.4 is 5.73 Å². The third-order valence-corrected chi connectivity index (χ3v) is 3.50. The standard InChI is InChI=1S/C11H20N4O2/c1-15-8-9(13-14-15)7-10(12)11(16-2)3-5-17-6-4-11/h8,10H,3-7,12H2,1-2H3. The van der Waals surface area contributed by atoms with Crippen molar-refractivity contribution in [2.45, 2.75) is 30.9 Å². The van der Waals surface area contributed by atoms with E-state index in [0.29, 0.717) is 19.6 Å². The number of hydrogen-bond acceptors (Lipinski definition) is 5. The Morgan fingerprint density at radius 2 is 2.29 bits per heavy atom. The van der Waals surface area contributed by atoms with Crippen LogP contribution in [0.4, 0.5) is 0 Å².